The normalized spacial score (nSPS) is 10.8. The maximum atomic E-state index is 12.0. The lowest BCUT2D eigenvalue weighted by Gasteiger charge is -1.99. The molecule has 0 amide bonds. The van der Waals surface area contributed by atoms with E-state index in [2.05, 4.69) is 0 Å². The Bertz CT molecular complexity index is 580. The van der Waals surface area contributed by atoms with E-state index in [0.717, 1.165) is 11.1 Å². The van der Waals surface area contributed by atoms with Crippen molar-refractivity contribution in [2.24, 2.45) is 0 Å². The van der Waals surface area contributed by atoms with Crippen LogP contribution >= 0.6 is 11.8 Å². The third-order valence-corrected chi connectivity index (χ3v) is 3.62. The minimum atomic E-state index is 0.0354. The molecule has 0 aliphatic rings. The molecule has 0 bridgehead atoms. The predicted octanol–water partition coefficient (Wildman–Crippen LogP) is 4.61. The molecule has 0 unspecified atom stereocenters. The van der Waals surface area contributed by atoms with Crippen LogP contribution in [0.5, 0.6) is 0 Å². The van der Waals surface area contributed by atoms with Crippen molar-refractivity contribution in [2.45, 2.75) is 11.8 Å². The van der Waals surface area contributed by atoms with Crippen molar-refractivity contribution >= 4 is 23.6 Å². The minimum Gasteiger partial charge on any atom is -0.289 e. The Morgan fingerprint density at radius 1 is 1.00 bits per heavy atom. The SMILES string of the molecule is CSc1ccc(C(=O)/C=C/c2ccc(C)cc2)cc1. The lowest BCUT2D eigenvalue weighted by Crippen LogP contribution is -1.93. The molecule has 2 rings (SSSR count). The smallest absolute Gasteiger partial charge is 0.185 e. The van der Waals surface area contributed by atoms with E-state index in [1.54, 1.807) is 17.8 Å². The van der Waals surface area contributed by atoms with E-state index in [0.29, 0.717) is 0 Å². The quantitative estimate of drug-likeness (QED) is 0.457. The second kappa shape index (κ2) is 6.39. The fourth-order valence-electron chi connectivity index (χ4n) is 1.70. The first kappa shape index (κ1) is 13.6. The standard InChI is InChI=1S/C17H16OS/c1-13-3-5-14(6-4-13)7-12-17(18)15-8-10-16(19-2)11-9-15/h3-12H,1-2H3/b12-7+. The highest BCUT2D eigenvalue weighted by molar-refractivity contribution is 7.98. The topological polar surface area (TPSA) is 17.1 Å². The van der Waals surface area contributed by atoms with Gasteiger partial charge in [-0.05, 0) is 49.1 Å². The zero-order valence-corrected chi connectivity index (χ0v) is 11.9. The lowest BCUT2D eigenvalue weighted by atomic mass is 10.1. The second-order valence-electron chi connectivity index (χ2n) is 4.34. The number of carbonyl (C=O) groups is 1. The summed E-state index contributed by atoms with van der Waals surface area (Å²) in [6.07, 6.45) is 5.50. The summed E-state index contributed by atoms with van der Waals surface area (Å²) in [5.74, 6) is 0.0354. The molecule has 0 heterocycles. The molecule has 0 aromatic heterocycles. The van der Waals surface area contributed by atoms with Crippen molar-refractivity contribution in [3.8, 4) is 0 Å². The summed E-state index contributed by atoms with van der Waals surface area (Å²) in [6, 6.07) is 15.8. The molecule has 0 aliphatic heterocycles. The molecular formula is C17H16OS. The van der Waals surface area contributed by atoms with Gasteiger partial charge in [-0.1, -0.05) is 35.9 Å². The molecule has 19 heavy (non-hydrogen) atoms. The summed E-state index contributed by atoms with van der Waals surface area (Å²) in [7, 11) is 0. The second-order valence-corrected chi connectivity index (χ2v) is 5.22. The highest BCUT2D eigenvalue weighted by Gasteiger charge is 2.01. The Balaban J connectivity index is 2.09. The van der Waals surface area contributed by atoms with E-state index in [4.69, 9.17) is 0 Å². The summed E-state index contributed by atoms with van der Waals surface area (Å²) in [4.78, 5) is 13.2. The average molecular weight is 268 g/mol. The third-order valence-electron chi connectivity index (χ3n) is 2.88. The van der Waals surface area contributed by atoms with Gasteiger partial charge in [-0.2, -0.15) is 0 Å². The fraction of sp³-hybridized carbons (Fsp3) is 0.118. The van der Waals surface area contributed by atoms with E-state index in [1.165, 1.54) is 10.5 Å². The van der Waals surface area contributed by atoms with Gasteiger partial charge in [0, 0.05) is 10.5 Å². The van der Waals surface area contributed by atoms with Crippen LogP contribution in [0, 0.1) is 6.92 Å². The molecule has 0 aliphatic carbocycles. The molecule has 0 radical (unpaired) electrons. The van der Waals surface area contributed by atoms with Gasteiger partial charge < -0.3 is 0 Å². The number of rotatable bonds is 4. The highest BCUT2D eigenvalue weighted by atomic mass is 32.2. The van der Waals surface area contributed by atoms with Gasteiger partial charge >= 0.3 is 0 Å². The third kappa shape index (κ3) is 3.83. The van der Waals surface area contributed by atoms with Gasteiger partial charge in [-0.3, -0.25) is 4.79 Å². The summed E-state index contributed by atoms with van der Waals surface area (Å²) in [5, 5.41) is 0. The minimum absolute atomic E-state index is 0.0354. The van der Waals surface area contributed by atoms with Crippen molar-refractivity contribution in [3.05, 3.63) is 71.3 Å². The van der Waals surface area contributed by atoms with Crippen LogP contribution in [0.2, 0.25) is 0 Å². The van der Waals surface area contributed by atoms with Crippen LogP contribution in [0.4, 0.5) is 0 Å². The van der Waals surface area contributed by atoms with Gasteiger partial charge in [-0.25, -0.2) is 0 Å². The Labute approximate surface area is 118 Å². The summed E-state index contributed by atoms with van der Waals surface area (Å²) < 4.78 is 0. The van der Waals surface area contributed by atoms with Gasteiger partial charge in [0.15, 0.2) is 5.78 Å². The summed E-state index contributed by atoms with van der Waals surface area (Å²) >= 11 is 1.67. The van der Waals surface area contributed by atoms with E-state index in [-0.39, 0.29) is 5.78 Å². The fourth-order valence-corrected chi connectivity index (χ4v) is 2.11. The van der Waals surface area contributed by atoms with Crippen LogP contribution < -0.4 is 0 Å². The van der Waals surface area contributed by atoms with Crippen LogP contribution in [0.25, 0.3) is 6.08 Å². The predicted molar refractivity (Wildman–Crippen MR) is 82.8 cm³/mol. The monoisotopic (exact) mass is 268 g/mol. The maximum Gasteiger partial charge on any atom is 0.185 e. The molecule has 2 heteroatoms. The van der Waals surface area contributed by atoms with E-state index >= 15 is 0 Å². The molecule has 0 atom stereocenters. The Hall–Kier alpha value is -1.80. The zero-order chi connectivity index (χ0) is 13.7. The van der Waals surface area contributed by atoms with Crippen molar-refractivity contribution in [3.63, 3.8) is 0 Å². The van der Waals surface area contributed by atoms with Crippen molar-refractivity contribution < 1.29 is 4.79 Å². The molecule has 96 valence electrons. The zero-order valence-electron chi connectivity index (χ0n) is 11.1. The van der Waals surface area contributed by atoms with Gasteiger partial charge in [0.2, 0.25) is 0 Å². The maximum absolute atomic E-state index is 12.0. The number of benzene rings is 2. The first-order chi connectivity index (χ1) is 9.19. The average Bonchev–Trinajstić information content (AvgIpc) is 2.46. The lowest BCUT2D eigenvalue weighted by molar-refractivity contribution is 0.104. The van der Waals surface area contributed by atoms with Crippen LogP contribution in [0.3, 0.4) is 0 Å². The Morgan fingerprint density at radius 3 is 2.21 bits per heavy atom. The first-order valence-corrected chi connectivity index (χ1v) is 7.34. The molecule has 0 spiro atoms. The summed E-state index contributed by atoms with van der Waals surface area (Å²) in [6.45, 7) is 2.05. The molecule has 0 saturated carbocycles. The van der Waals surface area contributed by atoms with Crippen molar-refractivity contribution in [1.82, 2.24) is 0 Å². The molecule has 0 saturated heterocycles. The number of hydrogen-bond acceptors (Lipinski definition) is 2. The van der Waals surface area contributed by atoms with E-state index < -0.39 is 0 Å². The highest BCUT2D eigenvalue weighted by Crippen LogP contribution is 2.15. The number of carbonyl (C=O) groups excluding carboxylic acids is 1. The molecule has 0 fully saturated rings. The molecule has 2 aromatic rings. The number of allylic oxidation sites excluding steroid dienone is 1. The van der Waals surface area contributed by atoms with Crippen LogP contribution in [0.15, 0.2) is 59.5 Å². The Kier molecular flexibility index (Phi) is 4.58. The van der Waals surface area contributed by atoms with Gasteiger partial charge in [0.1, 0.15) is 0 Å². The van der Waals surface area contributed by atoms with Gasteiger partial charge in [-0.15, -0.1) is 11.8 Å². The van der Waals surface area contributed by atoms with Crippen LogP contribution in [-0.4, -0.2) is 12.0 Å². The van der Waals surface area contributed by atoms with Crippen molar-refractivity contribution in [1.29, 1.82) is 0 Å². The van der Waals surface area contributed by atoms with Gasteiger partial charge in [0.25, 0.3) is 0 Å². The number of thioether (sulfide) groups is 1. The van der Waals surface area contributed by atoms with Crippen LogP contribution in [-0.2, 0) is 0 Å². The number of aryl methyl sites for hydroxylation is 1. The van der Waals surface area contributed by atoms with E-state index in [9.17, 15) is 4.79 Å². The van der Waals surface area contributed by atoms with E-state index in [1.807, 2.05) is 67.8 Å². The molecule has 2 aromatic carbocycles. The van der Waals surface area contributed by atoms with Crippen LogP contribution in [0.1, 0.15) is 21.5 Å². The summed E-state index contributed by atoms with van der Waals surface area (Å²) in [5.41, 5.74) is 2.98. The van der Waals surface area contributed by atoms with Crippen molar-refractivity contribution in [2.75, 3.05) is 6.26 Å². The largest absolute Gasteiger partial charge is 0.289 e. The van der Waals surface area contributed by atoms with Gasteiger partial charge in [0.05, 0.1) is 0 Å². The Morgan fingerprint density at radius 2 is 1.63 bits per heavy atom. The number of ketones is 1. The first-order valence-electron chi connectivity index (χ1n) is 6.12. The molecule has 1 nitrogen and oxygen atoms in total. The molecular weight excluding hydrogens is 252 g/mol. The number of hydrogen-bond donors (Lipinski definition) is 0. The molecule has 0 N–H and O–H groups in total.